The molecule has 2 aromatic rings. The Morgan fingerprint density at radius 1 is 1.35 bits per heavy atom. The molecular formula is C16H19N3O. The predicted octanol–water partition coefficient (Wildman–Crippen LogP) is 2.11. The third-order valence-electron chi connectivity index (χ3n) is 3.85. The van der Waals surface area contributed by atoms with Crippen LogP contribution in [0.25, 0.3) is 10.8 Å². The summed E-state index contributed by atoms with van der Waals surface area (Å²) in [6.45, 7) is 3.10. The van der Waals surface area contributed by atoms with Gasteiger partial charge in [-0.15, -0.1) is 0 Å². The molecule has 1 aliphatic heterocycles. The summed E-state index contributed by atoms with van der Waals surface area (Å²) in [7, 11) is 0. The van der Waals surface area contributed by atoms with Gasteiger partial charge in [0.25, 0.3) is 5.91 Å². The van der Waals surface area contributed by atoms with Gasteiger partial charge in [-0.25, -0.2) is 0 Å². The lowest BCUT2D eigenvalue weighted by molar-refractivity contribution is 0.0922. The number of nitrogens with zero attached hydrogens (tertiary/aromatic N) is 1. The highest BCUT2D eigenvalue weighted by Crippen LogP contribution is 2.17. The van der Waals surface area contributed by atoms with Crippen LogP contribution in [0.3, 0.4) is 0 Å². The van der Waals surface area contributed by atoms with E-state index in [9.17, 15) is 4.79 Å². The van der Waals surface area contributed by atoms with Crippen molar-refractivity contribution in [2.45, 2.75) is 31.8 Å². The van der Waals surface area contributed by atoms with Crippen LogP contribution in [-0.2, 0) is 0 Å². The van der Waals surface area contributed by atoms with Gasteiger partial charge in [0.2, 0.25) is 0 Å². The lowest BCUT2D eigenvalue weighted by Crippen LogP contribution is -2.46. The summed E-state index contributed by atoms with van der Waals surface area (Å²) < 4.78 is 0. The molecule has 1 aliphatic rings. The fourth-order valence-electron chi connectivity index (χ4n) is 2.82. The van der Waals surface area contributed by atoms with Crippen LogP contribution in [0.1, 0.15) is 30.3 Å². The van der Waals surface area contributed by atoms with Crippen molar-refractivity contribution in [3.05, 3.63) is 42.2 Å². The number of carbonyl (C=O) groups is 1. The molecule has 2 N–H and O–H groups in total. The molecule has 4 nitrogen and oxygen atoms in total. The first-order valence-electron chi connectivity index (χ1n) is 7.12. The summed E-state index contributed by atoms with van der Waals surface area (Å²) in [4.78, 5) is 16.7. The SMILES string of the molecule is CC1CC(NC(=O)c2nccc3ccccc23)CCN1. The minimum Gasteiger partial charge on any atom is -0.348 e. The number of carbonyl (C=O) groups excluding carboxylic acids is 1. The normalized spacial score (nSPS) is 22.6. The van der Waals surface area contributed by atoms with Crippen LogP contribution >= 0.6 is 0 Å². The van der Waals surface area contributed by atoms with E-state index in [1.165, 1.54) is 0 Å². The minimum absolute atomic E-state index is 0.0686. The van der Waals surface area contributed by atoms with Gasteiger partial charge in [0.05, 0.1) is 0 Å². The molecule has 1 aromatic carbocycles. The number of aromatic nitrogens is 1. The van der Waals surface area contributed by atoms with Crippen molar-refractivity contribution >= 4 is 16.7 Å². The first kappa shape index (κ1) is 13.1. The van der Waals surface area contributed by atoms with E-state index in [1.54, 1.807) is 6.20 Å². The topological polar surface area (TPSA) is 54.0 Å². The molecule has 2 heterocycles. The highest BCUT2D eigenvalue weighted by Gasteiger charge is 2.21. The van der Waals surface area contributed by atoms with E-state index in [1.807, 2.05) is 30.3 Å². The average molecular weight is 269 g/mol. The summed E-state index contributed by atoms with van der Waals surface area (Å²) in [6, 6.07) is 10.5. The van der Waals surface area contributed by atoms with E-state index in [0.29, 0.717) is 11.7 Å². The second-order valence-electron chi connectivity index (χ2n) is 5.43. The summed E-state index contributed by atoms with van der Waals surface area (Å²) >= 11 is 0. The standard InChI is InChI=1S/C16H19N3O/c1-11-10-13(7-9-17-11)19-16(20)15-14-5-3-2-4-12(14)6-8-18-15/h2-6,8,11,13,17H,7,9-10H2,1H3,(H,19,20). The zero-order valence-corrected chi connectivity index (χ0v) is 11.6. The molecule has 0 spiro atoms. The van der Waals surface area contributed by atoms with Crippen molar-refractivity contribution < 1.29 is 4.79 Å². The molecule has 2 atom stereocenters. The molecular weight excluding hydrogens is 250 g/mol. The smallest absolute Gasteiger partial charge is 0.270 e. The fraction of sp³-hybridized carbons (Fsp3) is 0.375. The Morgan fingerprint density at radius 3 is 3.05 bits per heavy atom. The number of pyridine rings is 1. The van der Waals surface area contributed by atoms with Crippen molar-refractivity contribution in [2.75, 3.05) is 6.54 Å². The molecule has 0 radical (unpaired) electrons. The molecule has 104 valence electrons. The minimum atomic E-state index is -0.0686. The molecule has 1 amide bonds. The summed E-state index contributed by atoms with van der Waals surface area (Å²) in [5, 5.41) is 8.46. The number of fused-ring (bicyclic) bond motifs is 1. The van der Waals surface area contributed by atoms with Crippen LogP contribution in [0.5, 0.6) is 0 Å². The van der Waals surface area contributed by atoms with E-state index < -0.39 is 0 Å². The van der Waals surface area contributed by atoms with Gasteiger partial charge < -0.3 is 10.6 Å². The lowest BCUT2D eigenvalue weighted by atomic mass is 10.0. The highest BCUT2D eigenvalue weighted by molar-refractivity contribution is 6.05. The fourth-order valence-corrected chi connectivity index (χ4v) is 2.82. The van der Waals surface area contributed by atoms with Crippen LogP contribution < -0.4 is 10.6 Å². The van der Waals surface area contributed by atoms with Crippen LogP contribution in [-0.4, -0.2) is 29.5 Å². The molecule has 1 saturated heterocycles. The number of rotatable bonds is 2. The van der Waals surface area contributed by atoms with Gasteiger partial charge in [-0.2, -0.15) is 0 Å². The molecule has 20 heavy (non-hydrogen) atoms. The van der Waals surface area contributed by atoms with Crippen LogP contribution in [0.15, 0.2) is 36.5 Å². The Hall–Kier alpha value is -1.94. The Morgan fingerprint density at radius 2 is 2.20 bits per heavy atom. The molecule has 1 aromatic heterocycles. The van der Waals surface area contributed by atoms with Crippen LogP contribution in [0, 0.1) is 0 Å². The molecule has 4 heteroatoms. The summed E-state index contributed by atoms with van der Waals surface area (Å²) in [6.07, 6.45) is 3.64. The Kier molecular flexibility index (Phi) is 3.65. The molecule has 2 unspecified atom stereocenters. The van der Waals surface area contributed by atoms with Gasteiger partial charge >= 0.3 is 0 Å². The first-order chi connectivity index (χ1) is 9.74. The largest absolute Gasteiger partial charge is 0.348 e. The number of hydrogen-bond donors (Lipinski definition) is 2. The van der Waals surface area contributed by atoms with Gasteiger partial charge in [-0.05, 0) is 37.8 Å². The van der Waals surface area contributed by atoms with E-state index in [0.717, 1.165) is 30.2 Å². The Bertz CT molecular complexity index is 621. The molecule has 0 saturated carbocycles. The second kappa shape index (κ2) is 5.59. The number of hydrogen-bond acceptors (Lipinski definition) is 3. The van der Waals surface area contributed by atoms with Gasteiger partial charge in [0.1, 0.15) is 5.69 Å². The third-order valence-corrected chi connectivity index (χ3v) is 3.85. The van der Waals surface area contributed by atoms with Crippen molar-refractivity contribution in [2.24, 2.45) is 0 Å². The van der Waals surface area contributed by atoms with Crippen molar-refractivity contribution in [1.29, 1.82) is 0 Å². The lowest BCUT2D eigenvalue weighted by Gasteiger charge is -2.28. The van der Waals surface area contributed by atoms with E-state index >= 15 is 0 Å². The third kappa shape index (κ3) is 2.65. The van der Waals surface area contributed by atoms with Crippen molar-refractivity contribution in [1.82, 2.24) is 15.6 Å². The van der Waals surface area contributed by atoms with E-state index in [-0.39, 0.29) is 11.9 Å². The molecule has 0 aliphatic carbocycles. The average Bonchev–Trinajstić information content (AvgIpc) is 2.46. The monoisotopic (exact) mass is 269 g/mol. The molecule has 3 rings (SSSR count). The number of benzene rings is 1. The van der Waals surface area contributed by atoms with E-state index in [4.69, 9.17) is 0 Å². The number of piperidine rings is 1. The molecule has 0 bridgehead atoms. The van der Waals surface area contributed by atoms with Crippen molar-refractivity contribution in [3.8, 4) is 0 Å². The quantitative estimate of drug-likeness (QED) is 0.878. The van der Waals surface area contributed by atoms with Crippen molar-refractivity contribution in [3.63, 3.8) is 0 Å². The second-order valence-corrected chi connectivity index (χ2v) is 5.43. The van der Waals surface area contributed by atoms with Crippen LogP contribution in [0.2, 0.25) is 0 Å². The maximum atomic E-state index is 12.4. The first-order valence-corrected chi connectivity index (χ1v) is 7.12. The zero-order valence-electron chi connectivity index (χ0n) is 11.6. The zero-order chi connectivity index (χ0) is 13.9. The van der Waals surface area contributed by atoms with Gasteiger partial charge in [-0.3, -0.25) is 9.78 Å². The number of nitrogens with one attached hydrogen (secondary N) is 2. The predicted molar refractivity (Wildman–Crippen MR) is 79.7 cm³/mol. The highest BCUT2D eigenvalue weighted by atomic mass is 16.1. The van der Waals surface area contributed by atoms with Gasteiger partial charge in [0, 0.05) is 23.7 Å². The van der Waals surface area contributed by atoms with Gasteiger partial charge in [0.15, 0.2) is 0 Å². The number of amides is 1. The Balaban J connectivity index is 1.82. The maximum absolute atomic E-state index is 12.4. The summed E-state index contributed by atoms with van der Waals surface area (Å²) in [5.74, 6) is -0.0686. The van der Waals surface area contributed by atoms with E-state index in [2.05, 4.69) is 22.5 Å². The summed E-state index contributed by atoms with van der Waals surface area (Å²) in [5.41, 5.74) is 0.522. The van der Waals surface area contributed by atoms with Crippen LogP contribution in [0.4, 0.5) is 0 Å². The van der Waals surface area contributed by atoms with Gasteiger partial charge in [-0.1, -0.05) is 24.3 Å². The molecule has 1 fully saturated rings. The Labute approximate surface area is 118 Å². The maximum Gasteiger partial charge on any atom is 0.270 e.